The van der Waals surface area contributed by atoms with Gasteiger partial charge in [0.25, 0.3) is 12.3 Å². The molecule has 3 heterocycles. The van der Waals surface area contributed by atoms with Crippen molar-refractivity contribution in [3.8, 4) is 11.4 Å². The number of nitrogens with one attached hydrogen (secondary N) is 1. The molecule has 40 heavy (non-hydrogen) atoms. The van der Waals surface area contributed by atoms with Crippen molar-refractivity contribution < 1.29 is 13.6 Å². The number of fused-ring (bicyclic) bond motifs is 2. The fourth-order valence-electron chi connectivity index (χ4n) is 6.33. The van der Waals surface area contributed by atoms with Gasteiger partial charge >= 0.3 is 0 Å². The van der Waals surface area contributed by atoms with Crippen LogP contribution in [-0.4, -0.2) is 50.9 Å². The molecule has 4 aromatic rings. The van der Waals surface area contributed by atoms with Crippen LogP contribution in [0.1, 0.15) is 53.8 Å². The fraction of sp³-hybridized carbons (Fsp3) is 0.406. The van der Waals surface area contributed by atoms with Crippen LogP contribution in [0.25, 0.3) is 22.3 Å². The molecular weight excluding hydrogens is 508 g/mol. The minimum absolute atomic E-state index is 0.0264. The molecule has 0 radical (unpaired) electrons. The molecule has 6 nitrogen and oxygen atoms in total. The predicted molar refractivity (Wildman–Crippen MR) is 152 cm³/mol. The van der Waals surface area contributed by atoms with Gasteiger partial charge in [0.15, 0.2) is 0 Å². The van der Waals surface area contributed by atoms with Crippen LogP contribution in [0.3, 0.4) is 0 Å². The average Bonchev–Trinajstić information content (AvgIpc) is 3.34. The van der Waals surface area contributed by atoms with Gasteiger partial charge in [-0.2, -0.15) is 0 Å². The van der Waals surface area contributed by atoms with E-state index in [9.17, 15) is 13.6 Å². The van der Waals surface area contributed by atoms with E-state index in [0.29, 0.717) is 23.9 Å². The van der Waals surface area contributed by atoms with Crippen LogP contribution in [0.15, 0.2) is 66.9 Å². The number of carbonyl (C=O) groups is 1. The van der Waals surface area contributed by atoms with Crippen molar-refractivity contribution in [2.24, 2.45) is 5.92 Å². The summed E-state index contributed by atoms with van der Waals surface area (Å²) in [6.45, 7) is 2.18. The van der Waals surface area contributed by atoms with Gasteiger partial charge in [0.2, 0.25) is 0 Å². The number of rotatable bonds is 8. The first-order valence-electron chi connectivity index (χ1n) is 14.3. The summed E-state index contributed by atoms with van der Waals surface area (Å²) in [7, 11) is 0. The maximum Gasteiger partial charge on any atom is 0.256 e. The molecule has 1 aliphatic carbocycles. The number of amides is 1. The predicted octanol–water partition coefficient (Wildman–Crippen LogP) is 6.10. The molecule has 2 aliphatic rings. The summed E-state index contributed by atoms with van der Waals surface area (Å²) >= 11 is 0. The molecule has 0 spiro atoms. The zero-order valence-corrected chi connectivity index (χ0v) is 22.6. The van der Waals surface area contributed by atoms with Crippen LogP contribution in [-0.2, 0) is 19.5 Å². The van der Waals surface area contributed by atoms with Gasteiger partial charge in [0.1, 0.15) is 5.82 Å². The highest BCUT2D eigenvalue weighted by molar-refractivity contribution is 6.06. The summed E-state index contributed by atoms with van der Waals surface area (Å²) in [5.41, 5.74) is 4.27. The lowest BCUT2D eigenvalue weighted by molar-refractivity contribution is 0.0920. The highest BCUT2D eigenvalue weighted by Crippen LogP contribution is 2.31. The molecule has 1 amide bonds. The smallest absolute Gasteiger partial charge is 0.256 e. The average molecular weight is 544 g/mol. The number of hydrogen-bond donors (Lipinski definition) is 1. The third-order valence-corrected chi connectivity index (χ3v) is 8.47. The topological polar surface area (TPSA) is 63.1 Å². The van der Waals surface area contributed by atoms with Crippen molar-refractivity contribution in [2.45, 2.75) is 64.1 Å². The van der Waals surface area contributed by atoms with Gasteiger partial charge in [-0.25, -0.2) is 13.8 Å². The first kappa shape index (κ1) is 26.6. The second-order valence-electron chi connectivity index (χ2n) is 11.1. The van der Waals surface area contributed by atoms with Gasteiger partial charge in [-0.1, -0.05) is 42.5 Å². The molecule has 1 fully saturated rings. The van der Waals surface area contributed by atoms with Gasteiger partial charge in [0, 0.05) is 48.3 Å². The number of pyridine rings is 1. The lowest BCUT2D eigenvalue weighted by Crippen LogP contribution is -2.38. The lowest BCUT2D eigenvalue weighted by atomic mass is 9.84. The van der Waals surface area contributed by atoms with Crippen molar-refractivity contribution in [1.82, 2.24) is 24.8 Å². The molecule has 0 saturated heterocycles. The summed E-state index contributed by atoms with van der Waals surface area (Å²) in [4.78, 5) is 24.6. The van der Waals surface area contributed by atoms with Gasteiger partial charge in [0.05, 0.1) is 23.4 Å². The van der Waals surface area contributed by atoms with E-state index in [1.807, 2.05) is 60.7 Å². The molecule has 8 heteroatoms. The molecule has 0 bridgehead atoms. The minimum Gasteiger partial charge on any atom is -0.349 e. The molecule has 0 atom stereocenters. The van der Waals surface area contributed by atoms with Crippen LogP contribution in [0, 0.1) is 5.92 Å². The standard InChI is InChI=1S/C32H35F2N5O/c33-30(34)21-39-29-20-38(19-16-28(29)37-31(39)23-6-2-1-3-7-23)18-15-22-11-13-24(14-12-22)36-32(40)26-8-4-10-27-25(26)9-5-17-35-27/h1-10,17,22,24,30H,11-16,18-21H2,(H,36,40)/t22-,24-. The van der Waals surface area contributed by atoms with Gasteiger partial charge in [-0.05, 0) is 62.8 Å². The van der Waals surface area contributed by atoms with E-state index >= 15 is 0 Å². The zero-order chi connectivity index (χ0) is 27.5. The molecule has 6 rings (SSSR count). The Hall–Kier alpha value is -3.65. The number of imidazole rings is 1. The molecule has 2 aromatic heterocycles. The van der Waals surface area contributed by atoms with Gasteiger partial charge < -0.3 is 9.88 Å². The van der Waals surface area contributed by atoms with Crippen molar-refractivity contribution in [3.05, 3.63) is 83.8 Å². The number of carbonyl (C=O) groups excluding carboxylic acids is 1. The molecule has 208 valence electrons. The number of aromatic nitrogens is 3. The Labute approximate surface area is 233 Å². The minimum atomic E-state index is -2.43. The maximum atomic E-state index is 13.5. The zero-order valence-electron chi connectivity index (χ0n) is 22.6. The first-order valence-corrected chi connectivity index (χ1v) is 14.3. The highest BCUT2D eigenvalue weighted by Gasteiger charge is 2.28. The second-order valence-corrected chi connectivity index (χ2v) is 11.1. The Morgan fingerprint density at radius 2 is 1.82 bits per heavy atom. The van der Waals surface area contributed by atoms with Crippen molar-refractivity contribution in [2.75, 3.05) is 13.1 Å². The second kappa shape index (κ2) is 11.8. The quantitative estimate of drug-likeness (QED) is 0.292. The van der Waals surface area contributed by atoms with E-state index in [1.165, 1.54) is 0 Å². The normalized spacial score (nSPS) is 19.6. The molecule has 1 aliphatic heterocycles. The number of benzene rings is 2. The lowest BCUT2D eigenvalue weighted by Gasteiger charge is -2.32. The van der Waals surface area contributed by atoms with Crippen LogP contribution < -0.4 is 5.32 Å². The van der Waals surface area contributed by atoms with Gasteiger partial charge in [-0.3, -0.25) is 14.7 Å². The van der Waals surface area contributed by atoms with E-state index in [1.54, 1.807) is 10.8 Å². The van der Waals surface area contributed by atoms with Crippen molar-refractivity contribution in [1.29, 1.82) is 0 Å². The first-order chi connectivity index (χ1) is 19.5. The number of hydrogen-bond acceptors (Lipinski definition) is 4. The third kappa shape index (κ3) is 5.77. The van der Waals surface area contributed by atoms with E-state index in [0.717, 1.165) is 79.5 Å². The van der Waals surface area contributed by atoms with Crippen molar-refractivity contribution >= 4 is 16.8 Å². The SMILES string of the molecule is O=C(N[C@H]1CC[C@H](CCN2CCc3nc(-c4ccccc4)n(CC(F)F)c3C2)CC1)c1cccc2ncccc12. The third-order valence-electron chi connectivity index (χ3n) is 8.47. The largest absolute Gasteiger partial charge is 0.349 e. The molecular formula is C32H35F2N5O. The number of alkyl halides is 2. The van der Waals surface area contributed by atoms with Crippen molar-refractivity contribution in [3.63, 3.8) is 0 Å². The van der Waals surface area contributed by atoms with Crippen LogP contribution >= 0.6 is 0 Å². The summed E-state index contributed by atoms with van der Waals surface area (Å²) in [5, 5.41) is 4.13. The highest BCUT2D eigenvalue weighted by atomic mass is 19.3. The maximum absolute atomic E-state index is 13.5. The Morgan fingerprint density at radius 3 is 2.62 bits per heavy atom. The summed E-state index contributed by atoms with van der Waals surface area (Å²) in [5.74, 6) is 1.23. The summed E-state index contributed by atoms with van der Waals surface area (Å²) in [6.07, 6.45) is 5.31. The Kier molecular flexibility index (Phi) is 7.86. The van der Waals surface area contributed by atoms with E-state index < -0.39 is 6.43 Å². The Bertz CT molecular complexity index is 1460. The molecule has 1 N–H and O–H groups in total. The Morgan fingerprint density at radius 1 is 1.00 bits per heavy atom. The molecule has 0 unspecified atom stereocenters. The number of nitrogens with zero attached hydrogens (tertiary/aromatic N) is 4. The van der Waals surface area contributed by atoms with E-state index in [-0.39, 0.29) is 18.5 Å². The summed E-state index contributed by atoms with van der Waals surface area (Å²) in [6, 6.07) is 19.3. The molecule has 1 saturated carbocycles. The fourth-order valence-corrected chi connectivity index (χ4v) is 6.33. The Balaban J connectivity index is 1.03. The van der Waals surface area contributed by atoms with E-state index in [4.69, 9.17) is 4.98 Å². The number of halogens is 2. The van der Waals surface area contributed by atoms with E-state index in [2.05, 4.69) is 15.2 Å². The molecule has 2 aromatic carbocycles. The van der Waals surface area contributed by atoms with Crippen LogP contribution in [0.4, 0.5) is 8.78 Å². The monoisotopic (exact) mass is 543 g/mol. The van der Waals surface area contributed by atoms with Gasteiger partial charge in [-0.15, -0.1) is 0 Å². The summed E-state index contributed by atoms with van der Waals surface area (Å²) < 4.78 is 28.8. The van der Waals surface area contributed by atoms with Crippen LogP contribution in [0.2, 0.25) is 0 Å². The van der Waals surface area contributed by atoms with Crippen LogP contribution in [0.5, 0.6) is 0 Å².